The predicted molar refractivity (Wildman–Crippen MR) is 185 cm³/mol. The number of amides is 2. The number of carbonyl (C=O) groups is 2. The molecule has 4 aromatic rings. The fraction of sp³-hybridized carbons (Fsp3) is 0.429. The van der Waals surface area contributed by atoms with Crippen LogP contribution < -0.4 is 10.1 Å². The Morgan fingerprint density at radius 2 is 1.72 bits per heavy atom. The van der Waals surface area contributed by atoms with Crippen molar-refractivity contribution in [2.45, 2.75) is 45.8 Å². The highest BCUT2D eigenvalue weighted by Gasteiger charge is 2.22. The Hall–Kier alpha value is -4.06. The molecule has 244 valence electrons. The zero-order valence-corrected chi connectivity index (χ0v) is 28.7. The number of nitrogens with zero attached hydrogens (tertiary/aromatic N) is 5. The second kappa shape index (κ2) is 15.0. The van der Waals surface area contributed by atoms with Crippen LogP contribution in [-0.2, 0) is 16.3 Å². The van der Waals surface area contributed by atoms with Crippen LogP contribution in [0.1, 0.15) is 23.7 Å². The number of imidazole rings is 1. The second-order valence-electron chi connectivity index (χ2n) is 13.1. The predicted octanol–water partition coefficient (Wildman–Crippen LogP) is 5.37. The van der Waals surface area contributed by atoms with E-state index >= 15 is 0 Å². The van der Waals surface area contributed by atoms with E-state index < -0.39 is 8.07 Å². The average Bonchev–Trinajstić information content (AvgIpc) is 3.41. The number of benzene rings is 2. The summed E-state index contributed by atoms with van der Waals surface area (Å²) in [4.78, 5) is 38.4. The second-order valence-corrected chi connectivity index (χ2v) is 18.7. The van der Waals surface area contributed by atoms with Gasteiger partial charge in [-0.1, -0.05) is 43.9 Å². The minimum Gasteiger partial charge on any atom is -0.494 e. The van der Waals surface area contributed by atoms with Crippen molar-refractivity contribution in [3.8, 4) is 28.3 Å². The lowest BCUT2D eigenvalue weighted by molar-refractivity contribution is -0.118. The lowest BCUT2D eigenvalue weighted by Gasteiger charge is -2.32. The van der Waals surface area contributed by atoms with Crippen LogP contribution in [0.15, 0.2) is 60.8 Å². The molecule has 46 heavy (non-hydrogen) atoms. The highest BCUT2D eigenvalue weighted by atomic mass is 28.3. The lowest BCUT2D eigenvalue weighted by Crippen LogP contribution is -2.47. The molecule has 10 nitrogen and oxygen atoms in total. The van der Waals surface area contributed by atoms with Crippen LogP contribution in [-0.4, -0.2) is 97.2 Å². The van der Waals surface area contributed by atoms with E-state index in [0.717, 1.165) is 71.7 Å². The van der Waals surface area contributed by atoms with Gasteiger partial charge >= 0.3 is 0 Å². The number of nitrogens with one attached hydrogen (secondary N) is 1. The Bertz CT molecular complexity index is 1640. The van der Waals surface area contributed by atoms with E-state index in [2.05, 4.69) is 36.9 Å². The van der Waals surface area contributed by atoms with Gasteiger partial charge in [0.15, 0.2) is 5.65 Å². The fourth-order valence-electron chi connectivity index (χ4n) is 5.36. The topological polar surface area (TPSA) is 102 Å². The lowest BCUT2D eigenvalue weighted by atomic mass is 10.1. The van der Waals surface area contributed by atoms with Crippen LogP contribution >= 0.6 is 0 Å². The minimum atomic E-state index is -1.26. The molecule has 1 aliphatic heterocycles. The van der Waals surface area contributed by atoms with Gasteiger partial charge in [0, 0.05) is 77.2 Å². The summed E-state index contributed by atoms with van der Waals surface area (Å²) in [5.41, 5.74) is 4.98. The maximum Gasteiger partial charge on any atom is 0.253 e. The SMILES string of the molecule is CC(=O)NCCCOc1cccc(-c2ccnc3c2nc(-c2ccc(C(=O)N4CCN(C)CC4)cc2)n3COCC[Si](C)(C)C)c1. The number of aromatic nitrogens is 3. The molecule has 5 rings (SSSR count). The van der Waals surface area contributed by atoms with Gasteiger partial charge in [-0.2, -0.15) is 0 Å². The molecular weight excluding hydrogens is 597 g/mol. The Morgan fingerprint density at radius 3 is 2.43 bits per heavy atom. The number of likely N-dealkylation sites (N-methyl/N-ethyl adjacent to an activating group) is 1. The van der Waals surface area contributed by atoms with E-state index in [9.17, 15) is 9.59 Å². The quantitative estimate of drug-likeness (QED) is 0.155. The van der Waals surface area contributed by atoms with E-state index in [0.29, 0.717) is 38.5 Å². The van der Waals surface area contributed by atoms with Gasteiger partial charge < -0.3 is 24.6 Å². The number of fused-ring (bicyclic) bond motifs is 1. The summed E-state index contributed by atoms with van der Waals surface area (Å²) in [7, 11) is 0.825. The van der Waals surface area contributed by atoms with Crippen molar-refractivity contribution in [2.75, 3.05) is 53.0 Å². The number of rotatable bonds is 13. The summed E-state index contributed by atoms with van der Waals surface area (Å²) < 4.78 is 14.2. The maximum atomic E-state index is 13.2. The first-order valence-corrected chi connectivity index (χ1v) is 19.8. The van der Waals surface area contributed by atoms with Gasteiger partial charge in [-0.25, -0.2) is 9.97 Å². The van der Waals surface area contributed by atoms with Crippen LogP contribution in [0.5, 0.6) is 5.75 Å². The Morgan fingerprint density at radius 1 is 0.957 bits per heavy atom. The smallest absolute Gasteiger partial charge is 0.253 e. The number of carbonyl (C=O) groups excluding carboxylic acids is 2. The van der Waals surface area contributed by atoms with Crippen molar-refractivity contribution >= 4 is 31.1 Å². The third kappa shape index (κ3) is 8.59. The Labute approximate surface area is 272 Å². The van der Waals surface area contributed by atoms with Crippen LogP contribution in [0, 0.1) is 0 Å². The van der Waals surface area contributed by atoms with E-state index in [-0.39, 0.29) is 11.8 Å². The Balaban J connectivity index is 1.43. The molecule has 0 aliphatic carbocycles. The van der Waals surface area contributed by atoms with Gasteiger partial charge in [0.1, 0.15) is 23.8 Å². The van der Waals surface area contributed by atoms with Crippen molar-refractivity contribution in [1.29, 1.82) is 0 Å². The van der Waals surface area contributed by atoms with Crippen LogP contribution in [0.2, 0.25) is 25.7 Å². The molecule has 3 heterocycles. The third-order valence-electron chi connectivity index (χ3n) is 8.14. The fourth-order valence-corrected chi connectivity index (χ4v) is 6.12. The van der Waals surface area contributed by atoms with Crippen molar-refractivity contribution in [2.24, 2.45) is 0 Å². The van der Waals surface area contributed by atoms with Gasteiger partial charge in [-0.15, -0.1) is 0 Å². The monoisotopic (exact) mass is 642 g/mol. The normalized spacial score (nSPS) is 14.1. The minimum absolute atomic E-state index is 0.0425. The highest BCUT2D eigenvalue weighted by Crippen LogP contribution is 2.33. The molecule has 0 bridgehead atoms. The summed E-state index contributed by atoms with van der Waals surface area (Å²) in [6.45, 7) is 13.8. The van der Waals surface area contributed by atoms with E-state index in [1.807, 2.05) is 64.1 Å². The third-order valence-corrected chi connectivity index (χ3v) is 9.84. The summed E-state index contributed by atoms with van der Waals surface area (Å²) in [5.74, 6) is 1.51. The number of hydrogen-bond donors (Lipinski definition) is 1. The van der Waals surface area contributed by atoms with Crippen LogP contribution in [0.25, 0.3) is 33.7 Å². The van der Waals surface area contributed by atoms with E-state index in [1.165, 1.54) is 6.92 Å². The Kier molecular flexibility index (Phi) is 10.9. The van der Waals surface area contributed by atoms with E-state index in [1.54, 1.807) is 6.20 Å². The molecule has 0 spiro atoms. The first-order chi connectivity index (χ1) is 22.1. The molecule has 1 fully saturated rings. The van der Waals surface area contributed by atoms with Gasteiger partial charge in [-0.3, -0.25) is 14.2 Å². The molecule has 11 heteroatoms. The number of hydrogen-bond acceptors (Lipinski definition) is 7. The molecule has 1 saturated heterocycles. The molecule has 2 aromatic heterocycles. The van der Waals surface area contributed by atoms with Crippen molar-refractivity contribution in [3.05, 3.63) is 66.4 Å². The molecule has 0 atom stereocenters. The van der Waals surface area contributed by atoms with Crippen molar-refractivity contribution < 1.29 is 19.1 Å². The molecule has 0 saturated carbocycles. The summed E-state index contributed by atoms with van der Waals surface area (Å²) in [6.07, 6.45) is 2.52. The summed E-state index contributed by atoms with van der Waals surface area (Å²) >= 11 is 0. The first kappa shape index (κ1) is 33.3. The standard InChI is InChI=1S/C35H46N6O4Si/c1-26(42)36-15-7-21-45-30-9-6-8-29(24-30)31-14-16-37-34-32(31)38-33(41(34)25-44-22-23-46(3,4)5)27-10-12-28(13-11-27)35(43)40-19-17-39(2)18-20-40/h6,8-14,16,24H,7,15,17-23,25H2,1-5H3,(H,36,42). The molecular formula is C35H46N6O4Si. The molecule has 2 aromatic carbocycles. The van der Waals surface area contributed by atoms with Gasteiger partial charge in [-0.05, 0) is 55.4 Å². The van der Waals surface area contributed by atoms with Crippen LogP contribution in [0.4, 0.5) is 0 Å². The van der Waals surface area contributed by atoms with E-state index in [4.69, 9.17) is 19.4 Å². The highest BCUT2D eigenvalue weighted by molar-refractivity contribution is 6.76. The maximum absolute atomic E-state index is 13.2. The van der Waals surface area contributed by atoms with Crippen molar-refractivity contribution in [3.63, 3.8) is 0 Å². The van der Waals surface area contributed by atoms with Gasteiger partial charge in [0.25, 0.3) is 5.91 Å². The first-order valence-electron chi connectivity index (χ1n) is 16.1. The zero-order valence-electron chi connectivity index (χ0n) is 27.7. The summed E-state index contributed by atoms with van der Waals surface area (Å²) in [6, 6.07) is 18.7. The van der Waals surface area contributed by atoms with Crippen molar-refractivity contribution in [1.82, 2.24) is 29.7 Å². The summed E-state index contributed by atoms with van der Waals surface area (Å²) in [5, 5.41) is 2.80. The average molecular weight is 643 g/mol. The van der Waals surface area contributed by atoms with Gasteiger partial charge in [0.2, 0.25) is 5.91 Å². The number of pyridine rings is 1. The molecule has 0 unspecified atom stereocenters. The number of piperazine rings is 1. The molecule has 0 radical (unpaired) electrons. The molecule has 2 amide bonds. The zero-order chi connectivity index (χ0) is 32.7. The molecule has 1 N–H and O–H groups in total. The van der Waals surface area contributed by atoms with Gasteiger partial charge in [0.05, 0.1) is 6.61 Å². The number of ether oxygens (including phenoxy) is 2. The largest absolute Gasteiger partial charge is 0.494 e. The van der Waals surface area contributed by atoms with Crippen LogP contribution in [0.3, 0.4) is 0 Å². The molecule has 1 aliphatic rings.